The molecule has 0 aromatic rings. The van der Waals surface area contributed by atoms with E-state index in [0.717, 1.165) is 0 Å². The molecule has 0 radical (unpaired) electrons. The summed E-state index contributed by atoms with van der Waals surface area (Å²) in [6.07, 6.45) is 2.13. The first-order chi connectivity index (χ1) is 4.09. The molecule has 0 aliphatic heterocycles. The second-order valence-electron chi connectivity index (χ2n) is 2.68. The van der Waals surface area contributed by atoms with Crippen LogP contribution in [0.25, 0.3) is 0 Å². The maximum Gasteiger partial charge on any atom is -0.0220 e. The van der Waals surface area contributed by atoms with Gasteiger partial charge in [-0.05, 0) is 25.3 Å². The minimum Gasteiger partial charge on any atom is -0.0958 e. The number of allylic oxidation sites excluding steroid dienone is 3. The number of hydrogen-bond donors (Lipinski definition) is 0. The fourth-order valence-corrected chi connectivity index (χ4v) is 1.07. The Balaban J connectivity index is 4.19. The lowest BCUT2D eigenvalue weighted by Gasteiger charge is -2.08. The third-order valence-electron chi connectivity index (χ3n) is 1.43. The van der Waals surface area contributed by atoms with Crippen molar-refractivity contribution in [1.29, 1.82) is 0 Å². The van der Waals surface area contributed by atoms with E-state index in [1.165, 1.54) is 11.1 Å². The van der Waals surface area contributed by atoms with Crippen molar-refractivity contribution >= 4 is 0 Å². The van der Waals surface area contributed by atoms with E-state index < -0.39 is 0 Å². The van der Waals surface area contributed by atoms with Gasteiger partial charge in [0.05, 0.1) is 0 Å². The summed E-state index contributed by atoms with van der Waals surface area (Å²) in [5, 5.41) is 0. The number of rotatable bonds is 2. The monoisotopic (exact) mass is 124 g/mol. The van der Waals surface area contributed by atoms with Crippen LogP contribution in [0.3, 0.4) is 0 Å². The SMILES string of the molecule is C=C(C)/C(=C/C)C(C)C. The van der Waals surface area contributed by atoms with Gasteiger partial charge >= 0.3 is 0 Å². The molecule has 0 aliphatic rings. The van der Waals surface area contributed by atoms with Crippen molar-refractivity contribution in [2.75, 3.05) is 0 Å². The summed E-state index contributed by atoms with van der Waals surface area (Å²) in [4.78, 5) is 0. The maximum absolute atomic E-state index is 3.88. The van der Waals surface area contributed by atoms with E-state index in [1.54, 1.807) is 0 Å². The molecule has 0 bridgehead atoms. The van der Waals surface area contributed by atoms with Crippen molar-refractivity contribution in [1.82, 2.24) is 0 Å². The zero-order valence-electron chi connectivity index (χ0n) is 6.86. The minimum absolute atomic E-state index is 0.618. The van der Waals surface area contributed by atoms with E-state index in [9.17, 15) is 0 Å². The summed E-state index contributed by atoms with van der Waals surface area (Å²) >= 11 is 0. The first-order valence-electron chi connectivity index (χ1n) is 3.41. The molecule has 0 heterocycles. The molecular formula is C9H16. The van der Waals surface area contributed by atoms with E-state index in [-0.39, 0.29) is 0 Å². The van der Waals surface area contributed by atoms with Crippen LogP contribution in [0, 0.1) is 5.92 Å². The molecule has 0 nitrogen and oxygen atoms in total. The van der Waals surface area contributed by atoms with Crippen molar-refractivity contribution in [3.8, 4) is 0 Å². The van der Waals surface area contributed by atoms with Crippen LogP contribution in [-0.2, 0) is 0 Å². The summed E-state index contributed by atoms with van der Waals surface area (Å²) in [6, 6.07) is 0. The van der Waals surface area contributed by atoms with Crippen molar-refractivity contribution in [2.45, 2.75) is 27.7 Å². The average molecular weight is 124 g/mol. The molecule has 52 valence electrons. The second kappa shape index (κ2) is 3.49. The highest BCUT2D eigenvalue weighted by atomic mass is 14.1. The Morgan fingerprint density at radius 2 is 1.89 bits per heavy atom. The van der Waals surface area contributed by atoms with Crippen LogP contribution < -0.4 is 0 Å². The quantitative estimate of drug-likeness (QED) is 0.496. The molecule has 0 heteroatoms. The van der Waals surface area contributed by atoms with Crippen LogP contribution in [0.5, 0.6) is 0 Å². The zero-order valence-corrected chi connectivity index (χ0v) is 6.86. The average Bonchev–Trinajstić information content (AvgIpc) is 1.64. The van der Waals surface area contributed by atoms with Gasteiger partial charge in [0.1, 0.15) is 0 Å². The zero-order chi connectivity index (χ0) is 7.44. The fourth-order valence-electron chi connectivity index (χ4n) is 1.07. The molecule has 0 fully saturated rings. The lowest BCUT2D eigenvalue weighted by molar-refractivity contribution is 0.776. The Hall–Kier alpha value is -0.520. The van der Waals surface area contributed by atoms with Gasteiger partial charge in [-0.2, -0.15) is 0 Å². The van der Waals surface area contributed by atoms with Crippen molar-refractivity contribution in [2.24, 2.45) is 5.92 Å². The fraction of sp³-hybridized carbons (Fsp3) is 0.556. The van der Waals surface area contributed by atoms with Gasteiger partial charge in [0.25, 0.3) is 0 Å². The largest absolute Gasteiger partial charge is 0.0958 e. The van der Waals surface area contributed by atoms with Gasteiger partial charge in [-0.15, -0.1) is 0 Å². The molecule has 0 saturated carbocycles. The van der Waals surface area contributed by atoms with Gasteiger partial charge in [-0.1, -0.05) is 32.1 Å². The molecule has 0 aromatic heterocycles. The lowest BCUT2D eigenvalue weighted by atomic mass is 9.97. The van der Waals surface area contributed by atoms with Gasteiger partial charge in [0, 0.05) is 0 Å². The van der Waals surface area contributed by atoms with Gasteiger partial charge in [0.2, 0.25) is 0 Å². The van der Waals surface area contributed by atoms with Gasteiger partial charge in [-0.25, -0.2) is 0 Å². The minimum atomic E-state index is 0.618. The summed E-state index contributed by atoms with van der Waals surface area (Å²) in [6.45, 7) is 12.4. The maximum atomic E-state index is 3.88. The van der Waals surface area contributed by atoms with Crippen molar-refractivity contribution < 1.29 is 0 Å². The standard InChI is InChI=1S/C9H16/c1-6-9(7(2)3)8(4)5/h6,8H,2H2,1,3-5H3/b9-6-. The molecule has 0 N–H and O–H groups in total. The Labute approximate surface area is 58.3 Å². The Morgan fingerprint density at radius 3 is 1.89 bits per heavy atom. The first kappa shape index (κ1) is 8.48. The predicted molar refractivity (Wildman–Crippen MR) is 43.4 cm³/mol. The molecule has 0 unspecified atom stereocenters. The first-order valence-corrected chi connectivity index (χ1v) is 3.41. The van der Waals surface area contributed by atoms with Crippen LogP contribution in [0.4, 0.5) is 0 Å². The highest BCUT2D eigenvalue weighted by Gasteiger charge is 2.00. The second-order valence-corrected chi connectivity index (χ2v) is 2.68. The topological polar surface area (TPSA) is 0 Å². The lowest BCUT2D eigenvalue weighted by Crippen LogP contribution is -1.93. The molecule has 0 saturated heterocycles. The van der Waals surface area contributed by atoms with Crippen LogP contribution in [0.2, 0.25) is 0 Å². The van der Waals surface area contributed by atoms with E-state index in [0.29, 0.717) is 5.92 Å². The molecule has 0 atom stereocenters. The van der Waals surface area contributed by atoms with E-state index in [2.05, 4.69) is 40.3 Å². The third-order valence-corrected chi connectivity index (χ3v) is 1.43. The Kier molecular flexibility index (Phi) is 3.29. The summed E-state index contributed by atoms with van der Waals surface area (Å²) in [5.74, 6) is 0.618. The van der Waals surface area contributed by atoms with E-state index in [1.807, 2.05) is 0 Å². The van der Waals surface area contributed by atoms with E-state index >= 15 is 0 Å². The van der Waals surface area contributed by atoms with Gasteiger partial charge in [0.15, 0.2) is 0 Å². The third kappa shape index (κ3) is 2.50. The van der Waals surface area contributed by atoms with Crippen molar-refractivity contribution in [3.05, 3.63) is 23.8 Å². The molecule has 0 amide bonds. The molecule has 9 heavy (non-hydrogen) atoms. The van der Waals surface area contributed by atoms with Crippen LogP contribution in [-0.4, -0.2) is 0 Å². The van der Waals surface area contributed by atoms with Gasteiger partial charge < -0.3 is 0 Å². The van der Waals surface area contributed by atoms with E-state index in [4.69, 9.17) is 0 Å². The van der Waals surface area contributed by atoms with Crippen molar-refractivity contribution in [3.63, 3.8) is 0 Å². The van der Waals surface area contributed by atoms with Crippen LogP contribution >= 0.6 is 0 Å². The smallest absolute Gasteiger partial charge is 0.0220 e. The number of hydrogen-bond acceptors (Lipinski definition) is 0. The van der Waals surface area contributed by atoms with Gasteiger partial charge in [-0.3, -0.25) is 0 Å². The molecule has 0 aliphatic carbocycles. The Morgan fingerprint density at radius 1 is 1.44 bits per heavy atom. The molecular weight excluding hydrogens is 108 g/mol. The highest BCUT2D eigenvalue weighted by molar-refractivity contribution is 5.26. The normalized spacial score (nSPS) is 12.3. The van der Waals surface area contributed by atoms with Crippen LogP contribution in [0.1, 0.15) is 27.7 Å². The molecule has 0 spiro atoms. The van der Waals surface area contributed by atoms with Crippen LogP contribution in [0.15, 0.2) is 23.8 Å². The summed E-state index contributed by atoms with van der Waals surface area (Å²) in [7, 11) is 0. The molecule has 0 aromatic carbocycles. The Bertz CT molecular complexity index is 127. The summed E-state index contributed by atoms with van der Waals surface area (Å²) < 4.78 is 0. The molecule has 0 rings (SSSR count). The highest BCUT2D eigenvalue weighted by Crippen LogP contribution is 2.16. The predicted octanol–water partition coefficient (Wildman–Crippen LogP) is 3.16. The summed E-state index contributed by atoms with van der Waals surface area (Å²) in [5.41, 5.74) is 2.56.